The summed E-state index contributed by atoms with van der Waals surface area (Å²) in [4.78, 5) is 12.2. The van der Waals surface area contributed by atoms with Crippen molar-refractivity contribution < 1.29 is 18.0 Å². The van der Waals surface area contributed by atoms with Crippen molar-refractivity contribution in [2.24, 2.45) is 0 Å². The molecule has 3 heterocycles. The number of aromatic nitrogens is 4. The van der Waals surface area contributed by atoms with E-state index < -0.39 is 29.3 Å². The number of anilines is 1. The quantitative estimate of drug-likeness (QED) is 0.676. The van der Waals surface area contributed by atoms with Crippen LogP contribution in [0.3, 0.4) is 0 Å². The Bertz CT molecular complexity index is 1070. The molecule has 4 rings (SSSR count). The molecule has 10 heteroatoms. The highest BCUT2D eigenvalue weighted by atomic mass is 35.5. The number of carbonyl (C=O) groups excluding carboxylic acids is 1. The van der Waals surface area contributed by atoms with Crippen LogP contribution in [0.25, 0.3) is 5.82 Å². The number of hydrogen-bond acceptors (Lipinski definition) is 4. The van der Waals surface area contributed by atoms with Gasteiger partial charge in [0.15, 0.2) is 28.4 Å². The minimum absolute atomic E-state index is 0.116. The number of nitrogens with one attached hydrogen (secondary N) is 1. The van der Waals surface area contributed by atoms with Crippen LogP contribution in [0.1, 0.15) is 29.2 Å². The number of benzene rings is 1. The van der Waals surface area contributed by atoms with Gasteiger partial charge in [-0.2, -0.15) is 9.78 Å². The van der Waals surface area contributed by atoms with E-state index in [1.165, 1.54) is 10.7 Å². The van der Waals surface area contributed by atoms with Crippen molar-refractivity contribution in [1.82, 2.24) is 20.0 Å². The van der Waals surface area contributed by atoms with E-state index in [0.29, 0.717) is 11.3 Å². The highest BCUT2D eigenvalue weighted by Crippen LogP contribution is 2.41. The summed E-state index contributed by atoms with van der Waals surface area (Å²) in [5.74, 6) is -4.86. The zero-order valence-electron chi connectivity index (χ0n) is 13.8. The van der Waals surface area contributed by atoms with E-state index in [2.05, 4.69) is 20.6 Å². The first-order chi connectivity index (χ1) is 12.9. The molecule has 0 spiro atoms. The van der Waals surface area contributed by atoms with Gasteiger partial charge in [-0.25, -0.2) is 13.2 Å². The fourth-order valence-corrected chi connectivity index (χ4v) is 3.31. The van der Waals surface area contributed by atoms with E-state index in [1.54, 1.807) is 13.0 Å². The third-order valence-electron chi connectivity index (χ3n) is 4.38. The average Bonchev–Trinajstić information content (AvgIpc) is 2.96. The maximum Gasteiger partial charge on any atom is 0.226 e. The van der Waals surface area contributed by atoms with Crippen LogP contribution < -0.4 is 5.32 Å². The third-order valence-corrected chi connectivity index (χ3v) is 4.58. The minimum atomic E-state index is -1.58. The molecule has 0 fully saturated rings. The van der Waals surface area contributed by atoms with Crippen molar-refractivity contribution in [3.8, 4) is 5.82 Å². The van der Waals surface area contributed by atoms with Gasteiger partial charge in [0.2, 0.25) is 5.91 Å². The van der Waals surface area contributed by atoms with Crippen molar-refractivity contribution >= 4 is 23.3 Å². The summed E-state index contributed by atoms with van der Waals surface area (Å²) < 4.78 is 42.7. The Hall–Kier alpha value is -2.94. The Morgan fingerprint density at radius 2 is 1.93 bits per heavy atom. The maximum absolute atomic E-state index is 14.4. The number of nitrogens with zero attached hydrogens (tertiary/aromatic N) is 4. The van der Waals surface area contributed by atoms with Gasteiger partial charge < -0.3 is 5.32 Å². The molecule has 1 aliphatic rings. The smallest absolute Gasteiger partial charge is 0.226 e. The second-order valence-corrected chi connectivity index (χ2v) is 6.43. The van der Waals surface area contributed by atoms with Crippen molar-refractivity contribution in [2.75, 3.05) is 5.32 Å². The molecule has 6 nitrogen and oxygen atoms in total. The molecule has 2 aromatic heterocycles. The third kappa shape index (κ3) is 2.84. The first kappa shape index (κ1) is 17.5. The van der Waals surface area contributed by atoms with Gasteiger partial charge >= 0.3 is 0 Å². The van der Waals surface area contributed by atoms with Crippen molar-refractivity contribution in [1.29, 1.82) is 0 Å². The number of halogens is 4. The number of amides is 1. The molecular formula is C17H11ClF3N5O. The van der Waals surface area contributed by atoms with E-state index in [0.717, 1.165) is 12.1 Å². The molecule has 1 unspecified atom stereocenters. The predicted molar refractivity (Wildman–Crippen MR) is 90.3 cm³/mol. The predicted octanol–water partition coefficient (Wildman–Crippen LogP) is 3.52. The highest BCUT2D eigenvalue weighted by molar-refractivity contribution is 6.29. The molecule has 1 aromatic carbocycles. The van der Waals surface area contributed by atoms with Gasteiger partial charge in [0.25, 0.3) is 0 Å². The van der Waals surface area contributed by atoms with E-state index in [-0.39, 0.29) is 28.8 Å². The molecule has 0 aliphatic carbocycles. The largest absolute Gasteiger partial charge is 0.310 e. The first-order valence-corrected chi connectivity index (χ1v) is 8.27. The Morgan fingerprint density at radius 1 is 1.15 bits per heavy atom. The SMILES string of the molecule is Cc1nn(-c2ccc(Cl)nn2)c2c1C(c1ccc(F)c(F)c1F)CC(=O)N2. The fraction of sp³-hybridized carbons (Fsp3) is 0.176. The van der Waals surface area contributed by atoms with Gasteiger partial charge in [-0.15, -0.1) is 10.2 Å². The number of hydrogen-bond donors (Lipinski definition) is 1. The summed E-state index contributed by atoms with van der Waals surface area (Å²) in [6, 6.07) is 5.03. The highest BCUT2D eigenvalue weighted by Gasteiger charge is 2.35. The number of fused-ring (bicyclic) bond motifs is 1. The molecule has 1 N–H and O–H groups in total. The van der Waals surface area contributed by atoms with Crippen LogP contribution in [0.4, 0.5) is 19.0 Å². The summed E-state index contributed by atoms with van der Waals surface area (Å²) in [5, 5.41) is 14.9. The van der Waals surface area contributed by atoms with Crippen LogP contribution >= 0.6 is 11.6 Å². The summed E-state index contributed by atoms with van der Waals surface area (Å²) in [7, 11) is 0. The molecule has 0 radical (unpaired) electrons. The summed E-state index contributed by atoms with van der Waals surface area (Å²) >= 11 is 5.74. The molecule has 0 saturated heterocycles. The van der Waals surface area contributed by atoms with Crippen LogP contribution in [-0.2, 0) is 4.79 Å². The Labute approximate surface area is 156 Å². The number of carbonyl (C=O) groups is 1. The lowest BCUT2D eigenvalue weighted by Crippen LogP contribution is -2.25. The zero-order valence-corrected chi connectivity index (χ0v) is 14.6. The van der Waals surface area contributed by atoms with Crippen molar-refractivity contribution in [3.05, 3.63) is 63.7 Å². The fourth-order valence-electron chi connectivity index (χ4n) is 3.21. The molecule has 27 heavy (non-hydrogen) atoms. The topological polar surface area (TPSA) is 72.7 Å². The molecule has 3 aromatic rings. The van der Waals surface area contributed by atoms with Gasteiger partial charge in [-0.1, -0.05) is 17.7 Å². The summed E-state index contributed by atoms with van der Waals surface area (Å²) in [6.07, 6.45) is -0.131. The Kier molecular flexibility index (Phi) is 4.11. The normalized spacial score (nSPS) is 16.2. The van der Waals surface area contributed by atoms with Crippen LogP contribution in [0.5, 0.6) is 0 Å². The lowest BCUT2D eigenvalue weighted by atomic mass is 9.85. The monoisotopic (exact) mass is 393 g/mol. The molecular weight excluding hydrogens is 383 g/mol. The summed E-state index contributed by atoms with van der Waals surface area (Å²) in [6.45, 7) is 1.67. The molecule has 1 aliphatic heterocycles. The maximum atomic E-state index is 14.4. The van der Waals surface area contributed by atoms with E-state index in [9.17, 15) is 18.0 Å². The van der Waals surface area contributed by atoms with Crippen LogP contribution in [0.15, 0.2) is 24.3 Å². The van der Waals surface area contributed by atoms with Gasteiger partial charge in [0, 0.05) is 17.9 Å². The first-order valence-electron chi connectivity index (χ1n) is 7.89. The number of rotatable bonds is 2. The van der Waals surface area contributed by atoms with E-state index in [4.69, 9.17) is 11.6 Å². The standard InChI is InChI=1S/C17H11ClF3N5O/c1-7-14-9(8-2-3-10(19)16(21)15(8)20)6-13(27)22-17(14)26(25-7)12-5-4-11(18)23-24-12/h2-5,9H,6H2,1H3,(H,22,27). The Balaban J connectivity index is 1.90. The van der Waals surface area contributed by atoms with Crippen molar-refractivity contribution in [2.45, 2.75) is 19.3 Å². The molecule has 0 saturated carbocycles. The van der Waals surface area contributed by atoms with Gasteiger partial charge in [0.05, 0.1) is 5.69 Å². The van der Waals surface area contributed by atoms with Gasteiger partial charge in [-0.3, -0.25) is 4.79 Å². The van der Waals surface area contributed by atoms with Gasteiger partial charge in [0.1, 0.15) is 5.82 Å². The average molecular weight is 394 g/mol. The summed E-state index contributed by atoms with van der Waals surface area (Å²) in [5.41, 5.74) is 0.863. The van der Waals surface area contributed by atoms with E-state index in [1.807, 2.05) is 0 Å². The Morgan fingerprint density at radius 3 is 2.63 bits per heavy atom. The van der Waals surface area contributed by atoms with Crippen molar-refractivity contribution in [3.63, 3.8) is 0 Å². The minimum Gasteiger partial charge on any atom is -0.310 e. The zero-order chi connectivity index (χ0) is 19.3. The van der Waals surface area contributed by atoms with E-state index >= 15 is 0 Å². The second kappa shape index (κ2) is 6.34. The lowest BCUT2D eigenvalue weighted by molar-refractivity contribution is -0.116. The molecule has 1 amide bonds. The lowest BCUT2D eigenvalue weighted by Gasteiger charge is -2.24. The number of aryl methyl sites for hydroxylation is 1. The second-order valence-electron chi connectivity index (χ2n) is 6.04. The van der Waals surface area contributed by atoms with Crippen LogP contribution in [0.2, 0.25) is 5.15 Å². The molecule has 138 valence electrons. The van der Waals surface area contributed by atoms with Gasteiger partial charge in [-0.05, 0) is 30.7 Å². The molecule has 0 bridgehead atoms. The van der Waals surface area contributed by atoms with Crippen LogP contribution in [-0.4, -0.2) is 25.9 Å². The van der Waals surface area contributed by atoms with Crippen LogP contribution in [0, 0.1) is 24.4 Å². The molecule has 1 atom stereocenters.